The molecule has 2 N–H and O–H groups in total. The highest BCUT2D eigenvalue weighted by atomic mass is 32.2. The molecule has 1 aliphatic rings. The monoisotopic (exact) mass is 352 g/mol. The van der Waals surface area contributed by atoms with Gasteiger partial charge in [-0.2, -0.15) is 0 Å². The summed E-state index contributed by atoms with van der Waals surface area (Å²) in [6.07, 6.45) is 0.525. The van der Waals surface area contributed by atoms with Crippen LogP contribution in [0.2, 0.25) is 0 Å². The third-order valence-corrected chi connectivity index (χ3v) is 8.21. The van der Waals surface area contributed by atoms with Gasteiger partial charge < -0.3 is 5.32 Å². The van der Waals surface area contributed by atoms with Crippen LogP contribution in [0.3, 0.4) is 0 Å². The molecule has 1 unspecified atom stereocenters. The van der Waals surface area contributed by atoms with E-state index in [1.54, 1.807) is 14.0 Å². The van der Waals surface area contributed by atoms with E-state index in [9.17, 15) is 16.8 Å². The van der Waals surface area contributed by atoms with Gasteiger partial charge in [0, 0.05) is 18.0 Å². The first-order valence-corrected chi connectivity index (χ1v) is 10.9. The van der Waals surface area contributed by atoms with Gasteiger partial charge in [0.25, 0.3) is 0 Å². The number of nitrogens with one attached hydrogen (secondary N) is 2. The van der Waals surface area contributed by atoms with Crippen molar-refractivity contribution in [3.63, 3.8) is 0 Å². The van der Waals surface area contributed by atoms with E-state index in [2.05, 4.69) is 10.0 Å². The molecule has 21 heavy (non-hydrogen) atoms. The molecule has 0 aliphatic carbocycles. The van der Waals surface area contributed by atoms with Crippen LogP contribution < -0.4 is 10.0 Å². The van der Waals surface area contributed by atoms with Gasteiger partial charge in [-0.15, -0.1) is 11.3 Å². The first-order valence-electron chi connectivity index (χ1n) is 6.67. The summed E-state index contributed by atoms with van der Waals surface area (Å²) in [5.41, 5.74) is 0.719. The van der Waals surface area contributed by atoms with Gasteiger partial charge in [-0.25, -0.2) is 21.6 Å². The van der Waals surface area contributed by atoms with Crippen molar-refractivity contribution < 1.29 is 16.8 Å². The predicted molar refractivity (Wildman–Crippen MR) is 83.8 cm³/mol. The Bertz CT molecular complexity index is 707. The van der Waals surface area contributed by atoms with Crippen molar-refractivity contribution in [2.75, 3.05) is 25.1 Å². The molecule has 1 aromatic heterocycles. The number of sulfone groups is 1. The molecule has 1 saturated heterocycles. The van der Waals surface area contributed by atoms with Gasteiger partial charge in [0.1, 0.15) is 4.90 Å². The van der Waals surface area contributed by atoms with Gasteiger partial charge in [0.15, 0.2) is 9.84 Å². The maximum absolute atomic E-state index is 12.4. The summed E-state index contributed by atoms with van der Waals surface area (Å²) in [7, 11) is -4.82. The molecular formula is C12H20N2O4S3. The lowest BCUT2D eigenvalue weighted by Crippen LogP contribution is -2.31. The van der Waals surface area contributed by atoms with Crippen molar-refractivity contribution in [2.24, 2.45) is 5.92 Å². The number of hydrogen-bond donors (Lipinski definition) is 2. The number of aryl methyl sites for hydroxylation is 1. The molecule has 1 aliphatic heterocycles. The van der Waals surface area contributed by atoms with Crippen LogP contribution in [-0.4, -0.2) is 41.9 Å². The van der Waals surface area contributed by atoms with E-state index in [1.165, 1.54) is 11.3 Å². The van der Waals surface area contributed by atoms with Crippen LogP contribution >= 0.6 is 11.3 Å². The second-order valence-electron chi connectivity index (χ2n) is 5.32. The Labute approximate surface area is 129 Å². The lowest BCUT2D eigenvalue weighted by Gasteiger charge is -2.12. The molecule has 0 amide bonds. The quantitative estimate of drug-likeness (QED) is 0.777. The maximum Gasteiger partial charge on any atom is 0.241 e. The van der Waals surface area contributed by atoms with Gasteiger partial charge in [0.05, 0.1) is 11.5 Å². The van der Waals surface area contributed by atoms with Crippen molar-refractivity contribution in [3.8, 4) is 0 Å². The molecule has 1 fully saturated rings. The van der Waals surface area contributed by atoms with Crippen LogP contribution in [0, 0.1) is 12.8 Å². The van der Waals surface area contributed by atoms with E-state index in [0.717, 1.165) is 10.4 Å². The normalized spacial score (nSPS) is 21.7. The highest BCUT2D eigenvalue weighted by molar-refractivity contribution is 7.91. The number of thiophene rings is 1. The van der Waals surface area contributed by atoms with E-state index in [4.69, 9.17) is 0 Å². The molecule has 2 heterocycles. The molecule has 0 radical (unpaired) electrons. The van der Waals surface area contributed by atoms with E-state index in [-0.39, 0.29) is 24.0 Å². The van der Waals surface area contributed by atoms with Crippen LogP contribution in [0.25, 0.3) is 0 Å². The van der Waals surface area contributed by atoms with Crippen LogP contribution in [0.1, 0.15) is 16.9 Å². The topological polar surface area (TPSA) is 92.3 Å². The highest BCUT2D eigenvalue weighted by Crippen LogP contribution is 2.27. The van der Waals surface area contributed by atoms with Crippen LogP contribution in [0.5, 0.6) is 0 Å². The molecule has 2 rings (SSSR count). The molecule has 120 valence electrons. The Morgan fingerprint density at radius 3 is 2.71 bits per heavy atom. The van der Waals surface area contributed by atoms with Gasteiger partial charge in [-0.1, -0.05) is 0 Å². The van der Waals surface area contributed by atoms with Gasteiger partial charge in [-0.3, -0.25) is 0 Å². The lowest BCUT2D eigenvalue weighted by molar-refractivity contribution is 0.542. The van der Waals surface area contributed by atoms with Crippen molar-refractivity contribution in [3.05, 3.63) is 15.8 Å². The molecule has 6 nitrogen and oxygen atoms in total. The molecule has 1 atom stereocenters. The van der Waals surface area contributed by atoms with Crippen molar-refractivity contribution >= 4 is 31.2 Å². The first kappa shape index (κ1) is 16.9. The fraction of sp³-hybridized carbons (Fsp3) is 0.667. The zero-order chi connectivity index (χ0) is 15.7. The Kier molecular flexibility index (Phi) is 5.09. The average Bonchev–Trinajstić information content (AvgIpc) is 2.91. The standard InChI is InChI=1S/C12H20N2O4S3/c1-9-7-19-11(6-13-2)12(9)21(17,18)14-5-10-3-4-20(15,16)8-10/h7,10,13-14H,3-6,8H2,1-2H3. The minimum Gasteiger partial charge on any atom is -0.315 e. The summed E-state index contributed by atoms with van der Waals surface area (Å²) in [4.78, 5) is 1.09. The Balaban J connectivity index is 2.11. The minimum atomic E-state index is -3.60. The smallest absolute Gasteiger partial charge is 0.241 e. The third kappa shape index (κ3) is 4.04. The van der Waals surface area contributed by atoms with Crippen molar-refractivity contribution in [2.45, 2.75) is 24.8 Å². The number of sulfonamides is 1. The third-order valence-electron chi connectivity index (χ3n) is 3.48. The molecule has 9 heteroatoms. The van der Waals surface area contributed by atoms with Crippen LogP contribution in [0.4, 0.5) is 0 Å². The molecular weight excluding hydrogens is 332 g/mol. The van der Waals surface area contributed by atoms with Crippen LogP contribution in [0.15, 0.2) is 10.3 Å². The predicted octanol–water partition coefficient (Wildman–Crippen LogP) is 0.489. The second kappa shape index (κ2) is 6.33. The molecule has 0 spiro atoms. The zero-order valence-corrected chi connectivity index (χ0v) is 14.5. The minimum absolute atomic E-state index is 0.0709. The molecule has 0 saturated carbocycles. The fourth-order valence-corrected chi connectivity index (χ4v) is 7.26. The largest absolute Gasteiger partial charge is 0.315 e. The van der Waals surface area contributed by atoms with E-state index < -0.39 is 19.9 Å². The van der Waals surface area contributed by atoms with Crippen molar-refractivity contribution in [1.29, 1.82) is 0 Å². The number of hydrogen-bond acceptors (Lipinski definition) is 6. The zero-order valence-electron chi connectivity index (χ0n) is 12.0. The molecule has 0 bridgehead atoms. The summed E-state index contributed by atoms with van der Waals surface area (Å²) >= 11 is 1.41. The fourth-order valence-electron chi connectivity index (χ4n) is 2.46. The summed E-state index contributed by atoms with van der Waals surface area (Å²) < 4.78 is 50.3. The summed E-state index contributed by atoms with van der Waals surface area (Å²) in [5, 5.41) is 4.78. The van der Waals surface area contributed by atoms with Crippen molar-refractivity contribution in [1.82, 2.24) is 10.0 Å². The summed E-state index contributed by atoms with van der Waals surface area (Å²) in [6, 6.07) is 0. The number of rotatable bonds is 6. The van der Waals surface area contributed by atoms with Gasteiger partial charge >= 0.3 is 0 Å². The highest BCUT2D eigenvalue weighted by Gasteiger charge is 2.30. The summed E-state index contributed by atoms with van der Waals surface area (Å²) in [5.74, 6) is 0.0973. The molecule has 0 aromatic carbocycles. The molecule has 1 aromatic rings. The Morgan fingerprint density at radius 2 is 2.14 bits per heavy atom. The van der Waals surface area contributed by atoms with E-state index >= 15 is 0 Å². The summed E-state index contributed by atoms with van der Waals surface area (Å²) in [6.45, 7) is 2.44. The van der Waals surface area contributed by atoms with Crippen LogP contribution in [-0.2, 0) is 26.4 Å². The van der Waals surface area contributed by atoms with E-state index in [1.807, 2.05) is 5.38 Å². The second-order valence-corrected chi connectivity index (χ2v) is 10.2. The SMILES string of the molecule is CNCc1scc(C)c1S(=O)(=O)NCC1CCS(=O)(=O)C1. The van der Waals surface area contributed by atoms with E-state index in [0.29, 0.717) is 17.9 Å². The first-order chi connectivity index (χ1) is 9.75. The maximum atomic E-state index is 12.4. The Hall–Kier alpha value is -0.480. The van der Waals surface area contributed by atoms with Gasteiger partial charge in [-0.05, 0) is 37.3 Å². The lowest BCUT2D eigenvalue weighted by atomic mass is 10.1. The van der Waals surface area contributed by atoms with Gasteiger partial charge in [0.2, 0.25) is 10.0 Å². The average molecular weight is 353 g/mol. The Morgan fingerprint density at radius 1 is 1.43 bits per heavy atom.